The number of hydrogen-bond donors (Lipinski definition) is 1. The van der Waals surface area contributed by atoms with E-state index in [0.717, 1.165) is 5.56 Å². The minimum absolute atomic E-state index is 0.256. The lowest BCUT2D eigenvalue weighted by molar-refractivity contribution is 0.102. The van der Waals surface area contributed by atoms with Gasteiger partial charge in [0.1, 0.15) is 16.5 Å². The van der Waals surface area contributed by atoms with Crippen molar-refractivity contribution in [3.8, 4) is 11.5 Å². The van der Waals surface area contributed by atoms with E-state index >= 15 is 0 Å². The molecule has 0 saturated heterocycles. The fourth-order valence-corrected chi connectivity index (χ4v) is 2.92. The standard InChI is InChI=1S/C19H17Cl2N3O3/c1-26-13-7-8-14(17(9-13)27-2)19(25)22-18-16(21)11-24(23-18)10-12-5-3-4-6-15(12)20/h3-9,11H,10H2,1-2H3,(H,22,23,25). The number of methoxy groups -OCH3 is 2. The first kappa shape index (κ1) is 19.1. The Morgan fingerprint density at radius 1 is 1.11 bits per heavy atom. The van der Waals surface area contributed by atoms with Crippen LogP contribution in [0.1, 0.15) is 15.9 Å². The van der Waals surface area contributed by atoms with Crippen LogP contribution in [0.3, 0.4) is 0 Å². The van der Waals surface area contributed by atoms with E-state index in [2.05, 4.69) is 10.4 Å². The predicted octanol–water partition coefficient (Wildman–Crippen LogP) is 4.51. The number of nitrogens with zero attached hydrogens (tertiary/aromatic N) is 2. The molecule has 0 aliphatic rings. The molecule has 6 nitrogen and oxygen atoms in total. The Balaban J connectivity index is 1.79. The Kier molecular flexibility index (Phi) is 5.88. The van der Waals surface area contributed by atoms with Crippen LogP contribution in [0.25, 0.3) is 0 Å². The van der Waals surface area contributed by atoms with Crippen LogP contribution < -0.4 is 14.8 Å². The number of carbonyl (C=O) groups is 1. The number of hydrogen-bond acceptors (Lipinski definition) is 4. The van der Waals surface area contributed by atoms with Crippen LogP contribution in [-0.2, 0) is 6.54 Å². The van der Waals surface area contributed by atoms with Crippen molar-refractivity contribution in [2.75, 3.05) is 19.5 Å². The van der Waals surface area contributed by atoms with Gasteiger partial charge in [0, 0.05) is 17.3 Å². The van der Waals surface area contributed by atoms with E-state index in [1.165, 1.54) is 7.11 Å². The number of benzene rings is 2. The maximum Gasteiger partial charge on any atom is 0.260 e. The van der Waals surface area contributed by atoms with Gasteiger partial charge in [0.05, 0.1) is 26.3 Å². The quantitative estimate of drug-likeness (QED) is 0.655. The average molecular weight is 406 g/mol. The molecule has 27 heavy (non-hydrogen) atoms. The van der Waals surface area contributed by atoms with Crippen LogP contribution in [0, 0.1) is 0 Å². The predicted molar refractivity (Wildman–Crippen MR) is 105 cm³/mol. The van der Waals surface area contributed by atoms with Crippen molar-refractivity contribution in [2.24, 2.45) is 0 Å². The third-order valence-electron chi connectivity index (χ3n) is 3.89. The lowest BCUT2D eigenvalue weighted by Gasteiger charge is -2.10. The fraction of sp³-hybridized carbons (Fsp3) is 0.158. The summed E-state index contributed by atoms with van der Waals surface area (Å²) in [5.41, 5.74) is 1.24. The first-order valence-electron chi connectivity index (χ1n) is 8.01. The number of anilines is 1. The number of rotatable bonds is 6. The number of nitrogens with one attached hydrogen (secondary N) is 1. The molecule has 0 spiro atoms. The summed E-state index contributed by atoms with van der Waals surface area (Å²) in [5.74, 6) is 0.843. The Labute approximate surface area is 166 Å². The molecular weight excluding hydrogens is 389 g/mol. The molecule has 0 aliphatic carbocycles. The van der Waals surface area contributed by atoms with Crippen molar-refractivity contribution < 1.29 is 14.3 Å². The lowest BCUT2D eigenvalue weighted by Crippen LogP contribution is -2.14. The molecule has 0 radical (unpaired) electrons. The van der Waals surface area contributed by atoms with E-state index in [4.69, 9.17) is 32.7 Å². The van der Waals surface area contributed by atoms with Gasteiger partial charge in [-0.15, -0.1) is 0 Å². The van der Waals surface area contributed by atoms with E-state index in [0.29, 0.717) is 33.7 Å². The molecule has 0 saturated carbocycles. The van der Waals surface area contributed by atoms with E-state index in [9.17, 15) is 4.79 Å². The first-order chi connectivity index (χ1) is 13.0. The van der Waals surface area contributed by atoms with Gasteiger partial charge in [-0.25, -0.2) is 0 Å². The van der Waals surface area contributed by atoms with E-state index in [-0.39, 0.29) is 11.7 Å². The summed E-state index contributed by atoms with van der Waals surface area (Å²) >= 11 is 12.4. The highest BCUT2D eigenvalue weighted by molar-refractivity contribution is 6.33. The summed E-state index contributed by atoms with van der Waals surface area (Å²) in [7, 11) is 3.02. The molecule has 0 aliphatic heterocycles. The van der Waals surface area contributed by atoms with Crippen LogP contribution >= 0.6 is 23.2 Å². The van der Waals surface area contributed by atoms with Gasteiger partial charge < -0.3 is 14.8 Å². The van der Waals surface area contributed by atoms with Gasteiger partial charge in [-0.2, -0.15) is 5.10 Å². The Morgan fingerprint density at radius 3 is 2.59 bits per heavy atom. The monoisotopic (exact) mass is 405 g/mol. The zero-order valence-electron chi connectivity index (χ0n) is 14.7. The van der Waals surface area contributed by atoms with Crippen molar-refractivity contribution in [3.63, 3.8) is 0 Å². The highest BCUT2D eigenvalue weighted by atomic mass is 35.5. The molecule has 3 aromatic rings. The van der Waals surface area contributed by atoms with Crippen molar-refractivity contribution in [2.45, 2.75) is 6.54 Å². The fourth-order valence-electron chi connectivity index (χ4n) is 2.52. The highest BCUT2D eigenvalue weighted by Crippen LogP contribution is 2.27. The highest BCUT2D eigenvalue weighted by Gasteiger charge is 2.17. The second-order valence-electron chi connectivity index (χ2n) is 5.63. The van der Waals surface area contributed by atoms with Gasteiger partial charge in [-0.1, -0.05) is 41.4 Å². The summed E-state index contributed by atoms with van der Waals surface area (Å²) in [4.78, 5) is 12.6. The summed E-state index contributed by atoms with van der Waals surface area (Å²) in [6.45, 7) is 0.432. The smallest absolute Gasteiger partial charge is 0.260 e. The molecule has 3 rings (SSSR count). The molecule has 1 amide bonds. The second-order valence-corrected chi connectivity index (χ2v) is 6.45. The molecule has 0 unspecified atom stereocenters. The first-order valence-corrected chi connectivity index (χ1v) is 8.77. The normalized spacial score (nSPS) is 10.5. The van der Waals surface area contributed by atoms with E-state index in [1.807, 2.05) is 18.2 Å². The largest absolute Gasteiger partial charge is 0.497 e. The third-order valence-corrected chi connectivity index (χ3v) is 4.54. The van der Waals surface area contributed by atoms with Gasteiger partial charge in [0.25, 0.3) is 5.91 Å². The lowest BCUT2D eigenvalue weighted by atomic mass is 10.1. The molecule has 140 valence electrons. The molecule has 8 heteroatoms. The van der Waals surface area contributed by atoms with Crippen LogP contribution in [0.2, 0.25) is 10.0 Å². The minimum Gasteiger partial charge on any atom is -0.497 e. The number of amides is 1. The van der Waals surface area contributed by atoms with Crippen molar-refractivity contribution >= 4 is 34.9 Å². The number of halogens is 2. The summed E-state index contributed by atoms with van der Waals surface area (Å²) in [5, 5.41) is 7.99. The van der Waals surface area contributed by atoms with Crippen LogP contribution in [0.5, 0.6) is 11.5 Å². The van der Waals surface area contributed by atoms with Crippen molar-refractivity contribution in [1.29, 1.82) is 0 Å². The molecule has 0 fully saturated rings. The molecular formula is C19H17Cl2N3O3. The molecule has 1 aromatic heterocycles. The molecule has 1 heterocycles. The zero-order valence-corrected chi connectivity index (χ0v) is 16.2. The van der Waals surface area contributed by atoms with Crippen LogP contribution in [-0.4, -0.2) is 29.9 Å². The number of aromatic nitrogens is 2. The van der Waals surface area contributed by atoms with Gasteiger partial charge in [-0.3, -0.25) is 9.48 Å². The Bertz CT molecular complexity index is 973. The molecule has 2 aromatic carbocycles. The molecule has 1 N–H and O–H groups in total. The SMILES string of the molecule is COc1ccc(C(=O)Nc2nn(Cc3ccccc3Cl)cc2Cl)c(OC)c1. The summed E-state index contributed by atoms with van der Waals surface area (Å²) in [6.07, 6.45) is 1.63. The number of ether oxygens (including phenoxy) is 2. The van der Waals surface area contributed by atoms with Gasteiger partial charge in [0.15, 0.2) is 5.82 Å². The van der Waals surface area contributed by atoms with Crippen molar-refractivity contribution in [3.05, 3.63) is 69.8 Å². The number of carbonyl (C=O) groups excluding carboxylic acids is 1. The zero-order chi connectivity index (χ0) is 19.4. The van der Waals surface area contributed by atoms with Crippen LogP contribution in [0.15, 0.2) is 48.7 Å². The second kappa shape index (κ2) is 8.33. The van der Waals surface area contributed by atoms with Crippen molar-refractivity contribution in [1.82, 2.24) is 9.78 Å². The topological polar surface area (TPSA) is 65.4 Å². The van der Waals surface area contributed by atoms with E-state index in [1.54, 1.807) is 42.3 Å². The minimum atomic E-state index is -0.389. The van der Waals surface area contributed by atoms with E-state index < -0.39 is 0 Å². The van der Waals surface area contributed by atoms with Crippen LogP contribution in [0.4, 0.5) is 5.82 Å². The Hall–Kier alpha value is -2.70. The molecule has 0 atom stereocenters. The van der Waals surface area contributed by atoms with Gasteiger partial charge in [-0.05, 0) is 23.8 Å². The maximum atomic E-state index is 12.6. The maximum absolute atomic E-state index is 12.6. The third kappa shape index (κ3) is 4.35. The Morgan fingerprint density at radius 2 is 1.89 bits per heavy atom. The van der Waals surface area contributed by atoms with Gasteiger partial charge in [0.2, 0.25) is 0 Å². The van der Waals surface area contributed by atoms with Gasteiger partial charge >= 0.3 is 0 Å². The summed E-state index contributed by atoms with van der Waals surface area (Å²) in [6, 6.07) is 12.4. The molecule has 0 bridgehead atoms. The average Bonchev–Trinajstić information content (AvgIpc) is 3.01. The summed E-state index contributed by atoms with van der Waals surface area (Å²) < 4.78 is 12.0.